The first-order chi connectivity index (χ1) is 11.5. The van der Waals surface area contributed by atoms with E-state index in [0.717, 1.165) is 12.8 Å². The maximum atomic E-state index is 10.3. The molecule has 0 aromatic carbocycles. The number of hydrogen-bond acceptors (Lipinski definition) is 2. The highest BCUT2D eigenvalue weighted by Gasteiger charge is 1.96. The standard InChI is InChI=1S/C16H32O2.C4H6O2/c1-2-3-4-5-6-7-8-9-10-11-12-13-14-15-16(17)18;1-2-3-4(5)6/h2-15H2,1H3,(H,17,18);2H,1,3H2,(H,5,6). The normalized spacial score (nSPS) is 9.88. The van der Waals surface area contributed by atoms with Crippen LogP contribution in [0.4, 0.5) is 0 Å². The minimum Gasteiger partial charge on any atom is -0.481 e. The fourth-order valence-electron chi connectivity index (χ4n) is 2.42. The number of carbonyl (C=O) groups is 2. The van der Waals surface area contributed by atoms with Crippen LogP contribution in [0.5, 0.6) is 0 Å². The summed E-state index contributed by atoms with van der Waals surface area (Å²) in [7, 11) is 0. The van der Waals surface area contributed by atoms with E-state index >= 15 is 0 Å². The number of unbranched alkanes of at least 4 members (excludes halogenated alkanes) is 12. The molecule has 0 saturated heterocycles. The van der Waals surface area contributed by atoms with E-state index in [9.17, 15) is 9.59 Å². The van der Waals surface area contributed by atoms with Gasteiger partial charge in [0.1, 0.15) is 0 Å². The lowest BCUT2D eigenvalue weighted by molar-refractivity contribution is -0.137. The second-order valence-corrected chi connectivity index (χ2v) is 6.27. The van der Waals surface area contributed by atoms with Crippen LogP contribution >= 0.6 is 0 Å². The molecule has 0 heterocycles. The van der Waals surface area contributed by atoms with Crippen LogP contribution in [-0.4, -0.2) is 22.2 Å². The molecule has 0 fully saturated rings. The smallest absolute Gasteiger partial charge is 0.307 e. The molecule has 0 radical (unpaired) electrons. The van der Waals surface area contributed by atoms with Crippen molar-refractivity contribution in [3.63, 3.8) is 0 Å². The minimum atomic E-state index is -0.829. The summed E-state index contributed by atoms with van der Waals surface area (Å²) in [6, 6.07) is 0. The lowest BCUT2D eigenvalue weighted by Crippen LogP contribution is -1.93. The van der Waals surface area contributed by atoms with Gasteiger partial charge >= 0.3 is 11.9 Å². The Labute approximate surface area is 148 Å². The molecule has 0 bridgehead atoms. The van der Waals surface area contributed by atoms with Crippen LogP contribution in [0.2, 0.25) is 0 Å². The monoisotopic (exact) mass is 342 g/mol. The molecule has 4 nitrogen and oxygen atoms in total. The highest BCUT2D eigenvalue weighted by Crippen LogP contribution is 2.12. The molecule has 0 aliphatic heterocycles. The predicted molar refractivity (Wildman–Crippen MR) is 100 cm³/mol. The van der Waals surface area contributed by atoms with Crippen molar-refractivity contribution in [1.82, 2.24) is 0 Å². The molecule has 0 amide bonds. The van der Waals surface area contributed by atoms with Crippen molar-refractivity contribution in [2.75, 3.05) is 0 Å². The lowest BCUT2D eigenvalue weighted by atomic mass is 10.0. The lowest BCUT2D eigenvalue weighted by Gasteiger charge is -2.02. The van der Waals surface area contributed by atoms with Crippen molar-refractivity contribution >= 4 is 11.9 Å². The van der Waals surface area contributed by atoms with Crippen LogP contribution < -0.4 is 0 Å². The zero-order valence-corrected chi connectivity index (χ0v) is 15.6. The Morgan fingerprint density at radius 3 is 1.33 bits per heavy atom. The molecule has 0 aromatic heterocycles. The summed E-state index contributed by atoms with van der Waals surface area (Å²) < 4.78 is 0. The summed E-state index contributed by atoms with van der Waals surface area (Å²) in [5.41, 5.74) is 0. The summed E-state index contributed by atoms with van der Waals surface area (Å²) >= 11 is 0. The Hall–Kier alpha value is -1.32. The van der Waals surface area contributed by atoms with E-state index in [0.29, 0.717) is 6.42 Å². The van der Waals surface area contributed by atoms with Gasteiger partial charge in [0.05, 0.1) is 6.42 Å². The maximum Gasteiger partial charge on any atom is 0.307 e. The highest BCUT2D eigenvalue weighted by atomic mass is 16.4. The molecule has 0 atom stereocenters. The van der Waals surface area contributed by atoms with Crippen molar-refractivity contribution < 1.29 is 19.8 Å². The van der Waals surface area contributed by atoms with Crippen LogP contribution in [0.15, 0.2) is 12.7 Å². The molecule has 0 aliphatic carbocycles. The Balaban J connectivity index is 0. The van der Waals surface area contributed by atoms with Gasteiger partial charge in [0.15, 0.2) is 0 Å². The Morgan fingerprint density at radius 1 is 0.708 bits per heavy atom. The van der Waals surface area contributed by atoms with E-state index in [1.165, 1.54) is 76.7 Å². The van der Waals surface area contributed by atoms with Gasteiger partial charge in [0.25, 0.3) is 0 Å². The van der Waals surface area contributed by atoms with Crippen molar-refractivity contribution in [2.45, 2.75) is 103 Å². The van der Waals surface area contributed by atoms with E-state index in [4.69, 9.17) is 10.2 Å². The third-order valence-electron chi connectivity index (χ3n) is 3.81. The first-order valence-electron chi connectivity index (χ1n) is 9.59. The van der Waals surface area contributed by atoms with Crippen LogP contribution in [0, 0.1) is 0 Å². The zero-order valence-electron chi connectivity index (χ0n) is 15.6. The average Bonchev–Trinajstić information content (AvgIpc) is 2.52. The fourth-order valence-corrected chi connectivity index (χ4v) is 2.42. The van der Waals surface area contributed by atoms with E-state index < -0.39 is 11.9 Å². The number of aliphatic carboxylic acids is 2. The molecule has 0 aliphatic rings. The molecular weight excluding hydrogens is 304 g/mol. The molecule has 0 unspecified atom stereocenters. The quantitative estimate of drug-likeness (QED) is 0.259. The van der Waals surface area contributed by atoms with Crippen molar-refractivity contribution in [2.24, 2.45) is 0 Å². The van der Waals surface area contributed by atoms with Gasteiger partial charge in [-0.05, 0) is 6.42 Å². The largest absolute Gasteiger partial charge is 0.481 e. The van der Waals surface area contributed by atoms with Crippen LogP contribution in [0.25, 0.3) is 0 Å². The van der Waals surface area contributed by atoms with Crippen LogP contribution in [0.3, 0.4) is 0 Å². The summed E-state index contributed by atoms with van der Waals surface area (Å²) in [6.07, 6.45) is 18.7. The van der Waals surface area contributed by atoms with Gasteiger partial charge < -0.3 is 10.2 Å². The van der Waals surface area contributed by atoms with Gasteiger partial charge in [-0.15, -0.1) is 6.58 Å². The van der Waals surface area contributed by atoms with Crippen molar-refractivity contribution in [3.8, 4) is 0 Å². The van der Waals surface area contributed by atoms with Crippen LogP contribution in [0.1, 0.15) is 103 Å². The summed E-state index contributed by atoms with van der Waals surface area (Å²) in [5.74, 6) is -1.48. The summed E-state index contributed by atoms with van der Waals surface area (Å²) in [6.45, 7) is 5.48. The van der Waals surface area contributed by atoms with Crippen LogP contribution in [-0.2, 0) is 9.59 Å². The Bertz CT molecular complexity index is 300. The second kappa shape index (κ2) is 21.7. The number of hydrogen-bond donors (Lipinski definition) is 2. The van der Waals surface area contributed by atoms with Crippen molar-refractivity contribution in [3.05, 3.63) is 12.7 Å². The van der Waals surface area contributed by atoms with E-state index in [-0.39, 0.29) is 6.42 Å². The number of carboxylic acid groups (broad SMARTS) is 2. The molecule has 142 valence electrons. The first kappa shape index (κ1) is 24.9. The SMILES string of the molecule is C=CCC(=O)O.CCCCCCCCCCCCCCCC(=O)O. The minimum absolute atomic E-state index is 0.0556. The predicted octanol–water partition coefficient (Wildman–Crippen LogP) is 6.20. The average molecular weight is 343 g/mol. The number of rotatable bonds is 16. The summed E-state index contributed by atoms with van der Waals surface area (Å²) in [4.78, 5) is 19.8. The molecule has 4 heteroatoms. The number of carboxylic acids is 2. The summed E-state index contributed by atoms with van der Waals surface area (Å²) in [5, 5.41) is 16.3. The van der Waals surface area contributed by atoms with E-state index in [2.05, 4.69) is 13.5 Å². The fraction of sp³-hybridized carbons (Fsp3) is 0.800. The van der Waals surface area contributed by atoms with Gasteiger partial charge in [-0.2, -0.15) is 0 Å². The molecule has 24 heavy (non-hydrogen) atoms. The zero-order chi connectivity index (χ0) is 18.5. The third kappa shape index (κ3) is 28.8. The molecule has 0 saturated carbocycles. The maximum absolute atomic E-state index is 10.3. The Morgan fingerprint density at radius 2 is 1.08 bits per heavy atom. The van der Waals surface area contributed by atoms with E-state index in [1.807, 2.05) is 0 Å². The van der Waals surface area contributed by atoms with Gasteiger partial charge in [0, 0.05) is 6.42 Å². The molecule has 0 rings (SSSR count). The second-order valence-electron chi connectivity index (χ2n) is 6.27. The molecule has 2 N–H and O–H groups in total. The van der Waals surface area contributed by atoms with Crippen molar-refractivity contribution in [1.29, 1.82) is 0 Å². The molecule has 0 spiro atoms. The molecule has 0 aromatic rings. The first-order valence-corrected chi connectivity index (χ1v) is 9.59. The molecular formula is C20H38O4. The Kier molecular flexibility index (Phi) is 22.5. The van der Waals surface area contributed by atoms with Gasteiger partial charge in [-0.3, -0.25) is 9.59 Å². The highest BCUT2D eigenvalue weighted by molar-refractivity contribution is 5.68. The van der Waals surface area contributed by atoms with Gasteiger partial charge in [0.2, 0.25) is 0 Å². The topological polar surface area (TPSA) is 74.6 Å². The van der Waals surface area contributed by atoms with E-state index in [1.54, 1.807) is 0 Å². The van der Waals surface area contributed by atoms with Gasteiger partial charge in [-0.1, -0.05) is 90.0 Å². The third-order valence-corrected chi connectivity index (χ3v) is 3.81. The van der Waals surface area contributed by atoms with Gasteiger partial charge in [-0.25, -0.2) is 0 Å².